The van der Waals surface area contributed by atoms with Crippen molar-refractivity contribution in [3.05, 3.63) is 46.9 Å². The van der Waals surface area contributed by atoms with Crippen LogP contribution in [0.5, 0.6) is 0 Å². The first-order valence-electron chi connectivity index (χ1n) is 6.60. The lowest BCUT2D eigenvalue weighted by atomic mass is 10.2. The van der Waals surface area contributed by atoms with Crippen molar-refractivity contribution in [2.45, 2.75) is 19.9 Å². The van der Waals surface area contributed by atoms with Crippen molar-refractivity contribution in [2.24, 2.45) is 0 Å². The Balaban J connectivity index is 1.98. The maximum Gasteiger partial charge on any atom is 0.171 e. The number of hydrogen-bond donors (Lipinski definition) is 2. The topological polar surface area (TPSA) is 41.9 Å². The van der Waals surface area contributed by atoms with Crippen LogP contribution in [-0.2, 0) is 6.54 Å². The minimum atomic E-state index is -0.348. The molecule has 0 saturated carbocycles. The lowest BCUT2D eigenvalue weighted by Gasteiger charge is -2.07. The maximum absolute atomic E-state index is 13.0. The van der Waals surface area contributed by atoms with Crippen LogP contribution in [0.2, 0.25) is 5.02 Å². The molecule has 0 fully saturated rings. The number of halogens is 2. The monoisotopic (exact) mass is 326 g/mol. The highest BCUT2D eigenvalue weighted by Crippen LogP contribution is 2.18. The Morgan fingerprint density at radius 3 is 2.95 bits per heavy atom. The number of rotatable bonds is 5. The second kappa shape index (κ2) is 7.38. The molecule has 1 aromatic heterocycles. The Kier molecular flexibility index (Phi) is 5.52. The van der Waals surface area contributed by atoms with E-state index in [1.807, 2.05) is 12.3 Å². The molecule has 0 bridgehead atoms. The van der Waals surface area contributed by atoms with Crippen LogP contribution in [0.4, 0.5) is 10.2 Å². The number of anilines is 1. The molecular formula is C14H16ClFN4S. The molecule has 2 rings (SSSR count). The number of nitrogens with zero attached hydrogens (tertiary/aromatic N) is 2. The van der Waals surface area contributed by atoms with Crippen LogP contribution >= 0.6 is 23.8 Å². The molecule has 0 unspecified atom stereocenters. The van der Waals surface area contributed by atoms with Crippen molar-refractivity contribution in [2.75, 3.05) is 11.9 Å². The van der Waals surface area contributed by atoms with Gasteiger partial charge in [-0.25, -0.2) is 4.39 Å². The first-order valence-corrected chi connectivity index (χ1v) is 7.39. The van der Waals surface area contributed by atoms with Crippen molar-refractivity contribution in [3.8, 4) is 0 Å². The Bertz CT molecular complexity index is 629. The molecule has 0 spiro atoms. The summed E-state index contributed by atoms with van der Waals surface area (Å²) in [6.07, 6.45) is 2.81. The van der Waals surface area contributed by atoms with Gasteiger partial charge >= 0.3 is 0 Å². The highest BCUT2D eigenvalue weighted by Gasteiger charge is 2.05. The highest BCUT2D eigenvalue weighted by atomic mass is 35.5. The lowest BCUT2D eigenvalue weighted by molar-refractivity contribution is 0.624. The third kappa shape index (κ3) is 4.68. The second-order valence-corrected chi connectivity index (χ2v) is 5.33. The standard InChI is InChI=1S/C14H16ClFN4S/c1-2-6-17-14(21)18-13-5-7-20(19-13)9-10-3-4-11(16)8-12(10)15/h3-5,7-8H,2,6,9H2,1H3,(H2,17,18,19,21). The number of nitrogens with one attached hydrogen (secondary N) is 2. The third-order valence-electron chi connectivity index (χ3n) is 2.77. The second-order valence-electron chi connectivity index (χ2n) is 4.52. The summed E-state index contributed by atoms with van der Waals surface area (Å²) in [5.74, 6) is 0.306. The summed E-state index contributed by atoms with van der Waals surface area (Å²) in [5.41, 5.74) is 0.805. The third-order valence-corrected chi connectivity index (χ3v) is 3.36. The van der Waals surface area contributed by atoms with Crippen LogP contribution in [0.1, 0.15) is 18.9 Å². The Labute approximate surface area is 133 Å². The van der Waals surface area contributed by atoms with Gasteiger partial charge in [-0.05, 0) is 36.3 Å². The summed E-state index contributed by atoms with van der Waals surface area (Å²) in [5, 5.41) is 11.3. The van der Waals surface area contributed by atoms with Crippen molar-refractivity contribution < 1.29 is 4.39 Å². The van der Waals surface area contributed by atoms with E-state index >= 15 is 0 Å². The zero-order valence-electron chi connectivity index (χ0n) is 11.6. The highest BCUT2D eigenvalue weighted by molar-refractivity contribution is 7.80. The fourth-order valence-electron chi connectivity index (χ4n) is 1.74. The molecule has 0 radical (unpaired) electrons. The minimum absolute atomic E-state index is 0.348. The molecule has 0 aliphatic rings. The summed E-state index contributed by atoms with van der Waals surface area (Å²) < 4.78 is 14.7. The fraction of sp³-hybridized carbons (Fsp3) is 0.286. The minimum Gasteiger partial charge on any atom is -0.362 e. The maximum atomic E-state index is 13.0. The summed E-state index contributed by atoms with van der Waals surface area (Å²) in [6.45, 7) is 3.35. The zero-order chi connectivity index (χ0) is 15.2. The van der Waals surface area contributed by atoms with Crippen molar-refractivity contribution in [3.63, 3.8) is 0 Å². The molecule has 0 saturated heterocycles. The zero-order valence-corrected chi connectivity index (χ0v) is 13.1. The quantitative estimate of drug-likeness (QED) is 0.826. The van der Waals surface area contributed by atoms with E-state index < -0.39 is 0 Å². The lowest BCUT2D eigenvalue weighted by Crippen LogP contribution is -2.29. The summed E-state index contributed by atoms with van der Waals surface area (Å²) in [7, 11) is 0. The van der Waals surface area contributed by atoms with E-state index in [4.69, 9.17) is 23.8 Å². The van der Waals surface area contributed by atoms with Crippen LogP contribution in [0.3, 0.4) is 0 Å². The first kappa shape index (κ1) is 15.7. The summed E-state index contributed by atoms with van der Waals surface area (Å²) in [4.78, 5) is 0. The molecule has 112 valence electrons. The predicted molar refractivity (Wildman–Crippen MR) is 87.3 cm³/mol. The van der Waals surface area contributed by atoms with Gasteiger partial charge in [0.15, 0.2) is 10.9 Å². The molecule has 2 N–H and O–H groups in total. The fourth-order valence-corrected chi connectivity index (χ4v) is 2.17. The molecule has 0 amide bonds. The van der Waals surface area contributed by atoms with Gasteiger partial charge in [0.05, 0.1) is 6.54 Å². The van der Waals surface area contributed by atoms with Gasteiger partial charge in [-0.2, -0.15) is 5.10 Å². The van der Waals surface area contributed by atoms with Crippen molar-refractivity contribution in [1.29, 1.82) is 0 Å². The van der Waals surface area contributed by atoms with Gasteiger partial charge < -0.3 is 10.6 Å². The Morgan fingerprint density at radius 1 is 1.43 bits per heavy atom. The Hall–Kier alpha value is -1.66. The predicted octanol–water partition coefficient (Wildman–Crippen LogP) is 3.42. The van der Waals surface area contributed by atoms with Crippen LogP contribution in [-0.4, -0.2) is 21.4 Å². The van der Waals surface area contributed by atoms with Crippen molar-refractivity contribution >= 4 is 34.7 Å². The molecular weight excluding hydrogens is 311 g/mol. The van der Waals surface area contributed by atoms with Gasteiger partial charge in [-0.1, -0.05) is 24.6 Å². The van der Waals surface area contributed by atoms with Gasteiger partial charge in [0, 0.05) is 23.8 Å². The van der Waals surface area contributed by atoms with Gasteiger partial charge in [0.1, 0.15) is 5.82 Å². The van der Waals surface area contributed by atoms with Crippen LogP contribution < -0.4 is 10.6 Å². The largest absolute Gasteiger partial charge is 0.362 e. The van der Waals surface area contributed by atoms with E-state index in [2.05, 4.69) is 22.7 Å². The molecule has 1 heterocycles. The number of hydrogen-bond acceptors (Lipinski definition) is 2. The van der Waals surface area contributed by atoms with E-state index in [1.54, 1.807) is 10.7 Å². The summed E-state index contributed by atoms with van der Waals surface area (Å²) >= 11 is 11.1. The Morgan fingerprint density at radius 2 is 2.24 bits per heavy atom. The van der Waals surface area contributed by atoms with Gasteiger partial charge in [-0.15, -0.1) is 0 Å². The van der Waals surface area contributed by atoms with E-state index in [1.165, 1.54) is 12.1 Å². The average Bonchev–Trinajstić information content (AvgIpc) is 2.87. The molecule has 0 aliphatic heterocycles. The number of thiocarbonyl (C=S) groups is 1. The molecule has 1 aromatic carbocycles. The molecule has 21 heavy (non-hydrogen) atoms. The number of aromatic nitrogens is 2. The van der Waals surface area contributed by atoms with Crippen molar-refractivity contribution in [1.82, 2.24) is 15.1 Å². The molecule has 0 atom stereocenters. The van der Waals surface area contributed by atoms with E-state index in [9.17, 15) is 4.39 Å². The van der Waals surface area contributed by atoms with Gasteiger partial charge in [0.25, 0.3) is 0 Å². The smallest absolute Gasteiger partial charge is 0.171 e. The van der Waals surface area contributed by atoms with E-state index in [0.717, 1.165) is 18.5 Å². The van der Waals surface area contributed by atoms with E-state index in [-0.39, 0.29) is 5.82 Å². The van der Waals surface area contributed by atoms with Gasteiger partial charge in [0.2, 0.25) is 0 Å². The summed E-state index contributed by atoms with van der Waals surface area (Å²) in [6, 6.07) is 6.15. The molecule has 4 nitrogen and oxygen atoms in total. The molecule has 0 aliphatic carbocycles. The van der Waals surface area contributed by atoms with Gasteiger partial charge in [-0.3, -0.25) is 4.68 Å². The molecule has 2 aromatic rings. The number of benzene rings is 1. The van der Waals surface area contributed by atoms with Crippen LogP contribution in [0, 0.1) is 5.82 Å². The average molecular weight is 327 g/mol. The SMILES string of the molecule is CCCNC(=S)Nc1ccn(Cc2ccc(F)cc2Cl)n1. The van der Waals surface area contributed by atoms with Crippen LogP contribution in [0.15, 0.2) is 30.5 Å². The first-order chi connectivity index (χ1) is 10.1. The van der Waals surface area contributed by atoms with E-state index in [0.29, 0.717) is 22.5 Å². The molecule has 7 heteroatoms. The van der Waals surface area contributed by atoms with Crippen LogP contribution in [0.25, 0.3) is 0 Å². The normalized spacial score (nSPS) is 10.4.